The van der Waals surface area contributed by atoms with E-state index in [2.05, 4.69) is 15.4 Å². The van der Waals surface area contributed by atoms with Crippen LogP contribution in [-0.2, 0) is 11.3 Å². The molecule has 2 saturated heterocycles. The molecule has 1 N–H and O–H groups in total. The molecule has 3 heterocycles. The summed E-state index contributed by atoms with van der Waals surface area (Å²) in [5.41, 5.74) is 0.915. The standard InChI is InChI=1S/C13H20N4O2S.2ClH/c1-10-6-11(19-15-10)7-16-2-4-17(5-3-16)13(18)12-8-20-9-14-12;;/h6,12,14H,2-5,7-9H2,1H3;2*1H. The van der Waals surface area contributed by atoms with E-state index >= 15 is 0 Å². The second-order valence-corrected chi connectivity index (χ2v) is 6.34. The van der Waals surface area contributed by atoms with Gasteiger partial charge in [0.1, 0.15) is 0 Å². The smallest absolute Gasteiger partial charge is 0.240 e. The summed E-state index contributed by atoms with van der Waals surface area (Å²) in [6.45, 7) is 6.09. The maximum atomic E-state index is 12.3. The summed E-state index contributed by atoms with van der Waals surface area (Å²) in [5, 5.41) is 7.14. The molecule has 1 atom stereocenters. The first-order valence-corrected chi connectivity index (χ1v) is 8.12. The normalized spacial score (nSPS) is 22.0. The zero-order valence-corrected chi connectivity index (χ0v) is 14.9. The van der Waals surface area contributed by atoms with Crippen molar-refractivity contribution in [1.29, 1.82) is 0 Å². The largest absolute Gasteiger partial charge is 0.360 e. The van der Waals surface area contributed by atoms with Gasteiger partial charge in [0, 0.05) is 43.9 Å². The SMILES string of the molecule is Cc1cc(CN2CCN(C(=O)C3CSCN3)CC2)on1.Cl.Cl. The van der Waals surface area contributed by atoms with Crippen LogP contribution in [0.5, 0.6) is 0 Å². The highest BCUT2D eigenvalue weighted by molar-refractivity contribution is 7.99. The van der Waals surface area contributed by atoms with Gasteiger partial charge < -0.3 is 9.42 Å². The lowest BCUT2D eigenvalue weighted by molar-refractivity contribution is -0.134. The highest BCUT2D eigenvalue weighted by Crippen LogP contribution is 2.14. The minimum absolute atomic E-state index is 0. The van der Waals surface area contributed by atoms with E-state index in [4.69, 9.17) is 4.52 Å². The Morgan fingerprint density at radius 2 is 2.14 bits per heavy atom. The Morgan fingerprint density at radius 1 is 1.41 bits per heavy atom. The molecule has 2 aliphatic rings. The number of rotatable bonds is 3. The molecular weight excluding hydrogens is 347 g/mol. The fraction of sp³-hybridized carbons (Fsp3) is 0.692. The van der Waals surface area contributed by atoms with Gasteiger partial charge in [0.15, 0.2) is 5.76 Å². The summed E-state index contributed by atoms with van der Waals surface area (Å²) in [4.78, 5) is 16.6. The van der Waals surface area contributed by atoms with Gasteiger partial charge in [-0.25, -0.2) is 0 Å². The molecule has 22 heavy (non-hydrogen) atoms. The number of aromatic nitrogens is 1. The predicted octanol–water partition coefficient (Wildman–Crippen LogP) is 1.13. The number of thioether (sulfide) groups is 1. The van der Waals surface area contributed by atoms with Crippen molar-refractivity contribution < 1.29 is 9.32 Å². The van der Waals surface area contributed by atoms with Crippen molar-refractivity contribution >= 4 is 42.5 Å². The number of carbonyl (C=O) groups is 1. The van der Waals surface area contributed by atoms with Gasteiger partial charge in [-0.3, -0.25) is 15.0 Å². The maximum Gasteiger partial charge on any atom is 0.240 e. The van der Waals surface area contributed by atoms with Crippen LogP contribution in [0.3, 0.4) is 0 Å². The third kappa shape index (κ3) is 4.76. The molecule has 1 unspecified atom stereocenters. The van der Waals surface area contributed by atoms with Gasteiger partial charge in [0.05, 0.1) is 18.3 Å². The van der Waals surface area contributed by atoms with Gasteiger partial charge in [-0.05, 0) is 6.92 Å². The summed E-state index contributed by atoms with van der Waals surface area (Å²) in [5.74, 6) is 2.94. The summed E-state index contributed by atoms with van der Waals surface area (Å²) < 4.78 is 5.24. The second kappa shape index (κ2) is 8.98. The fourth-order valence-electron chi connectivity index (χ4n) is 2.61. The Morgan fingerprint density at radius 3 is 2.68 bits per heavy atom. The van der Waals surface area contributed by atoms with E-state index in [1.165, 1.54) is 0 Å². The maximum absolute atomic E-state index is 12.3. The molecule has 0 saturated carbocycles. The van der Waals surface area contributed by atoms with E-state index in [0.29, 0.717) is 0 Å². The van der Waals surface area contributed by atoms with Gasteiger partial charge in [-0.15, -0.1) is 36.6 Å². The molecule has 0 aliphatic carbocycles. The molecule has 2 aliphatic heterocycles. The number of aryl methyl sites for hydroxylation is 1. The van der Waals surface area contributed by atoms with Crippen molar-refractivity contribution in [3.8, 4) is 0 Å². The molecule has 0 bridgehead atoms. The number of hydrogen-bond acceptors (Lipinski definition) is 6. The first-order chi connectivity index (χ1) is 9.72. The first-order valence-electron chi connectivity index (χ1n) is 6.97. The first kappa shape index (κ1) is 19.6. The molecule has 2 fully saturated rings. The van der Waals surface area contributed by atoms with Gasteiger partial charge in [0.25, 0.3) is 0 Å². The second-order valence-electron chi connectivity index (χ2n) is 5.31. The Labute approximate surface area is 147 Å². The Kier molecular flexibility index (Phi) is 7.99. The average Bonchev–Trinajstić information content (AvgIpc) is 3.11. The predicted molar refractivity (Wildman–Crippen MR) is 91.8 cm³/mol. The van der Waals surface area contributed by atoms with E-state index in [-0.39, 0.29) is 36.8 Å². The summed E-state index contributed by atoms with van der Waals surface area (Å²) >= 11 is 1.79. The minimum atomic E-state index is 0. The number of halogens is 2. The van der Waals surface area contributed by atoms with Crippen LogP contribution in [0, 0.1) is 6.92 Å². The third-order valence-corrected chi connectivity index (χ3v) is 4.69. The molecule has 126 valence electrons. The molecule has 9 heteroatoms. The highest BCUT2D eigenvalue weighted by Gasteiger charge is 2.29. The number of hydrogen-bond donors (Lipinski definition) is 1. The van der Waals surface area contributed by atoms with Gasteiger partial charge in [0.2, 0.25) is 5.91 Å². The number of nitrogens with zero attached hydrogens (tertiary/aromatic N) is 3. The molecule has 1 amide bonds. The molecular formula is C13H22Cl2N4O2S. The lowest BCUT2D eigenvalue weighted by Gasteiger charge is -2.35. The van der Waals surface area contributed by atoms with Crippen LogP contribution in [0.2, 0.25) is 0 Å². The lowest BCUT2D eigenvalue weighted by Crippen LogP contribution is -2.53. The molecule has 1 aromatic heterocycles. The van der Waals surface area contributed by atoms with E-state index in [1.54, 1.807) is 11.8 Å². The average molecular weight is 369 g/mol. The highest BCUT2D eigenvalue weighted by atomic mass is 35.5. The molecule has 3 rings (SSSR count). The van der Waals surface area contributed by atoms with Crippen molar-refractivity contribution in [3.05, 3.63) is 17.5 Å². The van der Waals surface area contributed by atoms with Crippen molar-refractivity contribution in [2.45, 2.75) is 19.5 Å². The van der Waals surface area contributed by atoms with Crippen molar-refractivity contribution in [2.24, 2.45) is 0 Å². The number of amides is 1. The van der Waals surface area contributed by atoms with Crippen LogP contribution in [0.15, 0.2) is 10.6 Å². The minimum Gasteiger partial charge on any atom is -0.360 e. The zero-order chi connectivity index (χ0) is 13.9. The van der Waals surface area contributed by atoms with Crippen molar-refractivity contribution in [3.63, 3.8) is 0 Å². The quantitative estimate of drug-likeness (QED) is 0.862. The molecule has 0 spiro atoms. The number of nitrogens with one attached hydrogen (secondary N) is 1. The zero-order valence-electron chi connectivity index (χ0n) is 12.5. The Bertz CT molecular complexity index is 474. The van der Waals surface area contributed by atoms with Crippen LogP contribution in [0.25, 0.3) is 0 Å². The van der Waals surface area contributed by atoms with Crippen LogP contribution in [-0.4, -0.2) is 64.7 Å². The number of piperazine rings is 1. The topological polar surface area (TPSA) is 61.6 Å². The van der Waals surface area contributed by atoms with E-state index in [0.717, 1.165) is 55.8 Å². The Hall–Kier alpha value is -0.470. The molecule has 6 nitrogen and oxygen atoms in total. The third-order valence-electron chi connectivity index (χ3n) is 3.75. The van der Waals surface area contributed by atoms with Gasteiger partial charge in [-0.2, -0.15) is 0 Å². The fourth-order valence-corrected chi connectivity index (χ4v) is 3.54. The van der Waals surface area contributed by atoms with Crippen molar-refractivity contribution in [1.82, 2.24) is 20.3 Å². The summed E-state index contributed by atoms with van der Waals surface area (Å²) in [6, 6.07) is 1.99. The van der Waals surface area contributed by atoms with E-state index < -0.39 is 0 Å². The summed E-state index contributed by atoms with van der Waals surface area (Å²) in [7, 11) is 0. The van der Waals surface area contributed by atoms with Crippen LogP contribution >= 0.6 is 36.6 Å². The van der Waals surface area contributed by atoms with Crippen LogP contribution in [0.1, 0.15) is 11.5 Å². The van der Waals surface area contributed by atoms with Crippen LogP contribution < -0.4 is 5.32 Å². The lowest BCUT2D eigenvalue weighted by atomic mass is 10.2. The Balaban J connectivity index is 0.00000121. The van der Waals surface area contributed by atoms with Gasteiger partial charge >= 0.3 is 0 Å². The molecule has 0 radical (unpaired) electrons. The number of carbonyl (C=O) groups excluding carboxylic acids is 1. The van der Waals surface area contributed by atoms with E-state index in [1.807, 2.05) is 17.9 Å². The molecule has 0 aromatic carbocycles. The monoisotopic (exact) mass is 368 g/mol. The van der Waals surface area contributed by atoms with Gasteiger partial charge in [-0.1, -0.05) is 5.16 Å². The van der Waals surface area contributed by atoms with Crippen LogP contribution in [0.4, 0.5) is 0 Å². The van der Waals surface area contributed by atoms with Crippen molar-refractivity contribution in [2.75, 3.05) is 37.8 Å². The summed E-state index contributed by atoms with van der Waals surface area (Å²) in [6.07, 6.45) is 0. The van der Waals surface area contributed by atoms with E-state index in [9.17, 15) is 4.79 Å². The molecule has 1 aromatic rings.